The number of nitrogens with one attached hydrogen (secondary N) is 2. The van der Waals surface area contributed by atoms with Crippen LogP contribution in [0.5, 0.6) is 5.75 Å². The van der Waals surface area contributed by atoms with Crippen molar-refractivity contribution in [1.82, 2.24) is 15.5 Å². The zero-order valence-corrected chi connectivity index (χ0v) is 16.8. The standard InChI is InChI=1S/C21H26F2N4O2/c1-4-24-21(26-14-17-7-5-6-8-18(17)29-20(22)23)25-13-15-9-11-16(12-10-15)19(28)27(2)3/h5-12,20H,4,13-14H2,1-3H3,(H2,24,25,26). The largest absolute Gasteiger partial charge is 0.434 e. The summed E-state index contributed by atoms with van der Waals surface area (Å²) >= 11 is 0. The van der Waals surface area contributed by atoms with E-state index < -0.39 is 6.61 Å². The quantitative estimate of drug-likeness (QED) is 0.524. The fraction of sp³-hybridized carbons (Fsp3) is 0.333. The predicted molar refractivity (Wildman–Crippen MR) is 109 cm³/mol. The number of aliphatic imine (C=N–C) groups is 1. The number of hydrogen-bond acceptors (Lipinski definition) is 3. The number of ether oxygens (including phenoxy) is 1. The Morgan fingerprint density at radius 3 is 2.41 bits per heavy atom. The van der Waals surface area contributed by atoms with E-state index >= 15 is 0 Å². The third-order valence-corrected chi connectivity index (χ3v) is 4.01. The van der Waals surface area contributed by atoms with Crippen molar-refractivity contribution in [3.63, 3.8) is 0 Å². The van der Waals surface area contributed by atoms with Crippen LogP contribution in [0.25, 0.3) is 0 Å². The molecule has 0 aliphatic carbocycles. The van der Waals surface area contributed by atoms with Crippen LogP contribution in [0, 0.1) is 0 Å². The van der Waals surface area contributed by atoms with Gasteiger partial charge in [0.15, 0.2) is 5.96 Å². The smallest absolute Gasteiger partial charge is 0.387 e. The monoisotopic (exact) mass is 404 g/mol. The highest BCUT2D eigenvalue weighted by Crippen LogP contribution is 2.19. The molecule has 0 fully saturated rings. The van der Waals surface area contributed by atoms with Crippen LogP contribution in [0.2, 0.25) is 0 Å². The number of alkyl halides is 2. The summed E-state index contributed by atoms with van der Waals surface area (Å²) in [6.45, 7) is 0.399. The Kier molecular flexibility index (Phi) is 8.39. The molecule has 0 heterocycles. The van der Waals surface area contributed by atoms with E-state index in [9.17, 15) is 13.6 Å². The summed E-state index contributed by atoms with van der Waals surface area (Å²) in [5.74, 6) is 0.625. The van der Waals surface area contributed by atoms with Crippen LogP contribution >= 0.6 is 0 Å². The molecule has 0 saturated heterocycles. The van der Waals surface area contributed by atoms with E-state index in [0.29, 0.717) is 30.2 Å². The molecular weight excluding hydrogens is 378 g/mol. The predicted octanol–water partition coefficient (Wildman–Crippen LogP) is 3.25. The first-order valence-corrected chi connectivity index (χ1v) is 9.26. The van der Waals surface area contributed by atoms with Crippen LogP contribution in [-0.2, 0) is 13.1 Å². The van der Waals surface area contributed by atoms with Gasteiger partial charge in [-0.1, -0.05) is 30.3 Å². The SMILES string of the molecule is CCNC(=NCc1ccc(C(=O)N(C)C)cc1)NCc1ccccc1OC(F)F. The van der Waals surface area contributed by atoms with E-state index in [1.807, 2.05) is 19.1 Å². The molecule has 2 aromatic carbocycles. The summed E-state index contributed by atoms with van der Waals surface area (Å²) in [5.41, 5.74) is 2.16. The number of rotatable bonds is 8. The Bertz CT molecular complexity index is 824. The lowest BCUT2D eigenvalue weighted by Gasteiger charge is -2.14. The molecule has 2 rings (SSSR count). The van der Waals surface area contributed by atoms with Gasteiger partial charge in [0, 0.05) is 38.3 Å². The van der Waals surface area contributed by atoms with Crippen molar-refractivity contribution in [2.24, 2.45) is 4.99 Å². The summed E-state index contributed by atoms with van der Waals surface area (Å²) in [6.07, 6.45) is 0. The summed E-state index contributed by atoms with van der Waals surface area (Å²) in [5, 5.41) is 6.24. The fourth-order valence-electron chi connectivity index (χ4n) is 2.56. The van der Waals surface area contributed by atoms with Crippen molar-refractivity contribution < 1.29 is 18.3 Å². The third-order valence-electron chi connectivity index (χ3n) is 4.01. The van der Waals surface area contributed by atoms with Crippen LogP contribution < -0.4 is 15.4 Å². The van der Waals surface area contributed by atoms with Gasteiger partial charge < -0.3 is 20.3 Å². The molecule has 0 bridgehead atoms. The molecule has 0 unspecified atom stereocenters. The van der Waals surface area contributed by atoms with Crippen LogP contribution in [-0.4, -0.2) is 44.0 Å². The van der Waals surface area contributed by atoms with Crippen molar-refractivity contribution in [3.8, 4) is 5.75 Å². The lowest BCUT2D eigenvalue weighted by atomic mass is 10.1. The number of guanidine groups is 1. The molecule has 29 heavy (non-hydrogen) atoms. The number of carbonyl (C=O) groups is 1. The van der Waals surface area contributed by atoms with E-state index in [4.69, 9.17) is 0 Å². The second-order valence-electron chi connectivity index (χ2n) is 6.43. The Balaban J connectivity index is 2.02. The Labute approximate surface area is 169 Å². The van der Waals surface area contributed by atoms with Crippen LogP contribution in [0.15, 0.2) is 53.5 Å². The van der Waals surface area contributed by atoms with Gasteiger partial charge in [0.05, 0.1) is 6.54 Å². The summed E-state index contributed by atoms with van der Waals surface area (Å²) in [7, 11) is 3.42. The highest BCUT2D eigenvalue weighted by molar-refractivity contribution is 5.93. The summed E-state index contributed by atoms with van der Waals surface area (Å²) < 4.78 is 29.6. The Morgan fingerprint density at radius 2 is 1.79 bits per heavy atom. The van der Waals surface area contributed by atoms with E-state index in [1.165, 1.54) is 11.0 Å². The van der Waals surface area contributed by atoms with Gasteiger partial charge in [0.1, 0.15) is 5.75 Å². The van der Waals surface area contributed by atoms with Crippen molar-refractivity contribution in [2.45, 2.75) is 26.6 Å². The molecule has 156 valence electrons. The number of nitrogens with zero attached hydrogens (tertiary/aromatic N) is 2. The normalized spacial score (nSPS) is 11.3. The first-order chi connectivity index (χ1) is 13.9. The number of amides is 1. The van der Waals surface area contributed by atoms with Gasteiger partial charge in [-0.25, -0.2) is 4.99 Å². The first kappa shape index (κ1) is 22.1. The zero-order chi connectivity index (χ0) is 21.2. The van der Waals surface area contributed by atoms with E-state index in [2.05, 4.69) is 20.4 Å². The fourth-order valence-corrected chi connectivity index (χ4v) is 2.56. The average Bonchev–Trinajstić information content (AvgIpc) is 2.70. The second-order valence-corrected chi connectivity index (χ2v) is 6.43. The van der Waals surface area contributed by atoms with Crippen molar-refractivity contribution in [2.75, 3.05) is 20.6 Å². The van der Waals surface area contributed by atoms with Crippen molar-refractivity contribution >= 4 is 11.9 Å². The minimum Gasteiger partial charge on any atom is -0.434 e. The van der Waals surface area contributed by atoms with E-state index in [1.54, 1.807) is 44.4 Å². The van der Waals surface area contributed by atoms with Gasteiger partial charge in [0.2, 0.25) is 0 Å². The maximum atomic E-state index is 12.5. The highest BCUT2D eigenvalue weighted by atomic mass is 19.3. The molecule has 0 aromatic heterocycles. The van der Waals surface area contributed by atoms with Crippen molar-refractivity contribution in [3.05, 3.63) is 65.2 Å². The second kappa shape index (κ2) is 11.0. The maximum absolute atomic E-state index is 12.5. The number of benzene rings is 2. The van der Waals surface area contributed by atoms with Crippen LogP contribution in [0.1, 0.15) is 28.4 Å². The summed E-state index contributed by atoms with van der Waals surface area (Å²) in [6, 6.07) is 13.9. The Morgan fingerprint density at radius 1 is 1.10 bits per heavy atom. The molecule has 0 aliphatic rings. The maximum Gasteiger partial charge on any atom is 0.387 e. The van der Waals surface area contributed by atoms with Crippen LogP contribution in [0.4, 0.5) is 8.78 Å². The number of halogens is 2. The molecule has 0 atom stereocenters. The molecule has 0 saturated carbocycles. The highest BCUT2D eigenvalue weighted by Gasteiger charge is 2.10. The van der Waals surface area contributed by atoms with E-state index in [0.717, 1.165) is 5.56 Å². The van der Waals surface area contributed by atoms with Gasteiger partial charge >= 0.3 is 6.61 Å². The zero-order valence-electron chi connectivity index (χ0n) is 16.8. The molecule has 0 spiro atoms. The molecule has 0 radical (unpaired) electrons. The van der Waals surface area contributed by atoms with E-state index in [-0.39, 0.29) is 18.2 Å². The molecule has 6 nitrogen and oxygen atoms in total. The average molecular weight is 404 g/mol. The molecule has 2 N–H and O–H groups in total. The third kappa shape index (κ3) is 7.06. The molecule has 1 amide bonds. The van der Waals surface area contributed by atoms with Crippen molar-refractivity contribution in [1.29, 1.82) is 0 Å². The summed E-state index contributed by atoms with van der Waals surface area (Å²) in [4.78, 5) is 18.0. The van der Waals surface area contributed by atoms with Gasteiger partial charge in [-0.15, -0.1) is 0 Å². The number of carbonyl (C=O) groups excluding carboxylic acids is 1. The van der Waals surface area contributed by atoms with Gasteiger partial charge in [-0.2, -0.15) is 8.78 Å². The number of hydrogen-bond donors (Lipinski definition) is 2. The topological polar surface area (TPSA) is 66.0 Å². The van der Waals surface area contributed by atoms with Crippen LogP contribution in [0.3, 0.4) is 0 Å². The van der Waals surface area contributed by atoms with Gasteiger partial charge in [0.25, 0.3) is 5.91 Å². The number of para-hydroxylation sites is 1. The molecule has 0 aliphatic heterocycles. The first-order valence-electron chi connectivity index (χ1n) is 9.26. The Hall–Kier alpha value is -3.16. The minimum atomic E-state index is -2.87. The lowest BCUT2D eigenvalue weighted by molar-refractivity contribution is -0.0504. The van der Waals surface area contributed by atoms with Gasteiger partial charge in [-0.05, 0) is 30.7 Å². The molecule has 2 aromatic rings. The minimum absolute atomic E-state index is 0.0558. The lowest BCUT2D eigenvalue weighted by Crippen LogP contribution is -2.36. The molecular formula is C21H26F2N4O2. The molecule has 8 heteroatoms. The van der Waals surface area contributed by atoms with Gasteiger partial charge in [-0.3, -0.25) is 4.79 Å².